The summed E-state index contributed by atoms with van der Waals surface area (Å²) in [6.45, 7) is 0.431. The van der Waals surface area contributed by atoms with Crippen LogP contribution in [0.25, 0.3) is 0 Å². The van der Waals surface area contributed by atoms with Gasteiger partial charge in [0.05, 0.1) is 4.90 Å². The molecule has 0 unspecified atom stereocenters. The first-order valence-electron chi connectivity index (χ1n) is 8.07. The number of carbonyl (C=O) groups excluding carboxylic acids is 2. The van der Waals surface area contributed by atoms with E-state index in [-0.39, 0.29) is 17.3 Å². The normalized spacial score (nSPS) is 11.7. The minimum atomic E-state index is -4.81. The van der Waals surface area contributed by atoms with Gasteiger partial charge in [0, 0.05) is 5.56 Å². The summed E-state index contributed by atoms with van der Waals surface area (Å²) in [5.41, 5.74) is 0.727. The van der Waals surface area contributed by atoms with E-state index in [1.54, 1.807) is 0 Å². The summed E-state index contributed by atoms with van der Waals surface area (Å²) in [5, 5.41) is 0. The largest absolute Gasteiger partial charge is 0.573 e. The number of Topliss-reactive ketones (excluding diaryl/α,β-unsaturated/α-hetero) is 1. The van der Waals surface area contributed by atoms with E-state index in [9.17, 15) is 31.2 Å². The van der Waals surface area contributed by atoms with Crippen molar-refractivity contribution in [2.24, 2.45) is 0 Å². The van der Waals surface area contributed by atoms with Crippen LogP contribution in [-0.2, 0) is 26.2 Å². The minimum absolute atomic E-state index is 0.129. The quantitative estimate of drug-likeness (QED) is 0.510. The summed E-state index contributed by atoms with van der Waals surface area (Å²) in [4.78, 5) is 22.8. The van der Waals surface area contributed by atoms with E-state index >= 15 is 0 Å². The Morgan fingerprint density at radius 1 is 1.00 bits per heavy atom. The van der Waals surface area contributed by atoms with Gasteiger partial charge in [-0.25, -0.2) is 8.42 Å². The molecule has 29 heavy (non-hydrogen) atoms. The van der Waals surface area contributed by atoms with Gasteiger partial charge in [-0.15, -0.1) is 13.2 Å². The second kappa shape index (κ2) is 9.05. The van der Waals surface area contributed by atoms with Gasteiger partial charge in [-0.05, 0) is 36.8 Å². The first-order valence-corrected chi connectivity index (χ1v) is 9.55. The van der Waals surface area contributed by atoms with Crippen LogP contribution < -0.4 is 9.46 Å². The molecule has 11 heteroatoms. The van der Waals surface area contributed by atoms with E-state index in [0.717, 1.165) is 12.1 Å². The van der Waals surface area contributed by atoms with Crippen molar-refractivity contribution < 1.29 is 40.7 Å². The van der Waals surface area contributed by atoms with Crippen molar-refractivity contribution in [3.63, 3.8) is 0 Å². The average molecular weight is 431 g/mol. The van der Waals surface area contributed by atoms with Crippen molar-refractivity contribution in [1.29, 1.82) is 0 Å². The number of ether oxygens (including phenoxy) is 2. The standard InChI is InChI=1S/C18H16F3NO6S/c1-12(23)14-4-8-16(9-5-14)29(25,26)22-10-17(24)27-11-13-2-6-15(7-3-13)28-18(19,20)21/h2-9,22H,10-11H2,1H3. The monoisotopic (exact) mass is 431 g/mol. The highest BCUT2D eigenvalue weighted by Crippen LogP contribution is 2.22. The van der Waals surface area contributed by atoms with E-state index < -0.39 is 34.6 Å². The molecule has 2 aromatic rings. The van der Waals surface area contributed by atoms with E-state index in [0.29, 0.717) is 11.1 Å². The molecule has 0 aliphatic rings. The van der Waals surface area contributed by atoms with Crippen molar-refractivity contribution in [3.8, 4) is 5.75 Å². The summed E-state index contributed by atoms with van der Waals surface area (Å²) >= 11 is 0. The van der Waals surface area contributed by atoms with Crippen molar-refractivity contribution in [2.75, 3.05) is 6.54 Å². The number of hydrogen-bond donors (Lipinski definition) is 1. The first kappa shape index (κ1) is 22.4. The van der Waals surface area contributed by atoms with Gasteiger partial charge >= 0.3 is 12.3 Å². The van der Waals surface area contributed by atoms with Crippen molar-refractivity contribution >= 4 is 21.8 Å². The molecule has 7 nitrogen and oxygen atoms in total. The van der Waals surface area contributed by atoms with Gasteiger partial charge in [0.1, 0.15) is 18.9 Å². The van der Waals surface area contributed by atoms with Crippen molar-refractivity contribution in [2.45, 2.75) is 24.8 Å². The van der Waals surface area contributed by atoms with Crippen LogP contribution in [0.3, 0.4) is 0 Å². The highest BCUT2D eigenvalue weighted by atomic mass is 32.2. The van der Waals surface area contributed by atoms with Crippen LogP contribution >= 0.6 is 0 Å². The fourth-order valence-corrected chi connectivity index (χ4v) is 3.08. The maximum Gasteiger partial charge on any atom is 0.573 e. The molecule has 2 aromatic carbocycles. The fraction of sp³-hybridized carbons (Fsp3) is 0.222. The zero-order chi connectivity index (χ0) is 21.7. The Labute approximate surface area is 164 Å². The van der Waals surface area contributed by atoms with E-state index in [1.165, 1.54) is 43.3 Å². The lowest BCUT2D eigenvalue weighted by atomic mass is 10.2. The van der Waals surface area contributed by atoms with Gasteiger partial charge in [-0.2, -0.15) is 4.72 Å². The molecule has 0 fully saturated rings. The Balaban J connectivity index is 1.85. The van der Waals surface area contributed by atoms with Crippen LogP contribution in [-0.4, -0.2) is 33.1 Å². The number of alkyl halides is 3. The fourth-order valence-electron chi connectivity index (χ4n) is 2.11. The van der Waals surface area contributed by atoms with Crippen LogP contribution in [0.4, 0.5) is 13.2 Å². The smallest absolute Gasteiger partial charge is 0.460 e. The van der Waals surface area contributed by atoms with Crippen molar-refractivity contribution in [3.05, 3.63) is 59.7 Å². The summed E-state index contributed by atoms with van der Waals surface area (Å²) in [5.74, 6) is -1.52. The van der Waals surface area contributed by atoms with Gasteiger partial charge in [0.2, 0.25) is 10.0 Å². The van der Waals surface area contributed by atoms with E-state index in [1.807, 2.05) is 0 Å². The Bertz CT molecular complexity index is 970. The Morgan fingerprint density at radius 2 is 1.59 bits per heavy atom. The lowest BCUT2D eigenvalue weighted by Gasteiger charge is -2.10. The number of benzene rings is 2. The molecule has 0 saturated heterocycles. The topological polar surface area (TPSA) is 98.8 Å². The molecule has 2 rings (SSSR count). The van der Waals surface area contributed by atoms with Crippen LogP contribution in [0.15, 0.2) is 53.4 Å². The Morgan fingerprint density at radius 3 is 2.10 bits per heavy atom. The predicted molar refractivity (Wildman–Crippen MR) is 94.6 cm³/mol. The molecule has 0 heterocycles. The highest BCUT2D eigenvalue weighted by Gasteiger charge is 2.30. The molecule has 0 bridgehead atoms. The molecule has 0 aliphatic heterocycles. The van der Waals surface area contributed by atoms with Crippen LogP contribution in [0.2, 0.25) is 0 Å². The molecule has 0 aromatic heterocycles. The Hall–Kier alpha value is -2.92. The maximum atomic E-state index is 12.1. The lowest BCUT2D eigenvalue weighted by molar-refractivity contribution is -0.274. The zero-order valence-corrected chi connectivity index (χ0v) is 15.8. The SMILES string of the molecule is CC(=O)c1ccc(S(=O)(=O)NCC(=O)OCc2ccc(OC(F)(F)F)cc2)cc1. The zero-order valence-electron chi connectivity index (χ0n) is 15.0. The van der Waals surface area contributed by atoms with Crippen molar-refractivity contribution in [1.82, 2.24) is 4.72 Å². The van der Waals surface area contributed by atoms with E-state index in [2.05, 4.69) is 9.46 Å². The number of sulfonamides is 1. The average Bonchev–Trinajstić information content (AvgIpc) is 2.65. The second-order valence-electron chi connectivity index (χ2n) is 5.76. The number of nitrogens with one attached hydrogen (secondary N) is 1. The molecule has 0 amide bonds. The summed E-state index contributed by atoms with van der Waals surface area (Å²) in [7, 11) is -3.99. The number of esters is 1. The number of ketones is 1. The molecule has 156 valence electrons. The van der Waals surface area contributed by atoms with Gasteiger partial charge in [0.15, 0.2) is 5.78 Å². The van der Waals surface area contributed by atoms with Gasteiger partial charge in [-0.3, -0.25) is 9.59 Å². The molecular formula is C18H16F3NO6S. The Kier molecular flexibility index (Phi) is 6.98. The lowest BCUT2D eigenvalue weighted by Crippen LogP contribution is -2.30. The summed E-state index contributed by atoms with van der Waals surface area (Å²) in [6.07, 6.45) is -4.81. The van der Waals surface area contributed by atoms with Crippen LogP contribution in [0.1, 0.15) is 22.8 Å². The molecule has 1 N–H and O–H groups in total. The predicted octanol–water partition coefficient (Wildman–Crippen LogP) is 2.81. The third-order valence-electron chi connectivity index (χ3n) is 3.53. The maximum absolute atomic E-state index is 12.1. The third kappa shape index (κ3) is 7.20. The highest BCUT2D eigenvalue weighted by molar-refractivity contribution is 7.89. The molecule has 0 spiro atoms. The minimum Gasteiger partial charge on any atom is -0.460 e. The molecule has 0 radical (unpaired) electrons. The van der Waals surface area contributed by atoms with Crippen LogP contribution in [0.5, 0.6) is 5.75 Å². The van der Waals surface area contributed by atoms with Gasteiger partial charge in [-0.1, -0.05) is 24.3 Å². The number of carbonyl (C=O) groups is 2. The van der Waals surface area contributed by atoms with Crippen LogP contribution in [0, 0.1) is 0 Å². The molecular weight excluding hydrogens is 415 g/mol. The number of hydrogen-bond acceptors (Lipinski definition) is 6. The molecule has 0 aliphatic carbocycles. The second-order valence-corrected chi connectivity index (χ2v) is 7.52. The molecule has 0 saturated carbocycles. The number of rotatable bonds is 8. The van der Waals surface area contributed by atoms with E-state index in [4.69, 9.17) is 4.74 Å². The van der Waals surface area contributed by atoms with Gasteiger partial charge < -0.3 is 9.47 Å². The first-order chi connectivity index (χ1) is 13.5. The summed E-state index contributed by atoms with van der Waals surface area (Å²) < 4.78 is 71.2. The molecule has 0 atom stereocenters. The summed E-state index contributed by atoms with van der Waals surface area (Å²) in [6, 6.07) is 9.82. The number of halogens is 3. The van der Waals surface area contributed by atoms with Gasteiger partial charge in [0.25, 0.3) is 0 Å². The third-order valence-corrected chi connectivity index (χ3v) is 4.95.